The second kappa shape index (κ2) is 10.7. The molecule has 0 spiro atoms. The van der Waals surface area contributed by atoms with E-state index in [1.165, 1.54) is 10.7 Å². The number of fused-ring (bicyclic) bond motifs is 1. The number of likely N-dealkylation sites (tertiary alicyclic amines) is 1. The van der Waals surface area contributed by atoms with Crippen molar-refractivity contribution in [3.8, 4) is 0 Å². The van der Waals surface area contributed by atoms with Gasteiger partial charge in [-0.15, -0.1) is 0 Å². The fourth-order valence-corrected chi connectivity index (χ4v) is 5.57. The predicted octanol–water partition coefficient (Wildman–Crippen LogP) is 2.79. The lowest BCUT2D eigenvalue weighted by Gasteiger charge is -2.48. The summed E-state index contributed by atoms with van der Waals surface area (Å²) in [5.41, 5.74) is 0.554. The third kappa shape index (κ3) is 5.87. The Bertz CT molecular complexity index is 1310. The summed E-state index contributed by atoms with van der Waals surface area (Å²) in [5, 5.41) is 30.7. The standard InChI is InChI=1S/C27H33F3N6O3/c1-17-2-3-19(13-31-17)26(39)8-6-21(7-9-26)35-15-20(16-35)33-24(38)14-32-25-22-12-18(27(28,29)30)4-5-23(22)36(34-25)10-11-37/h2-5,12-13,20-21,37,39H,6-11,14-16H2,1H3,(H,32,34)(H,33,38)/t21-,26-. The van der Waals surface area contributed by atoms with Crippen LogP contribution in [0.4, 0.5) is 19.0 Å². The van der Waals surface area contributed by atoms with Gasteiger partial charge in [0.1, 0.15) is 0 Å². The van der Waals surface area contributed by atoms with Crippen LogP contribution in [0.25, 0.3) is 10.9 Å². The van der Waals surface area contributed by atoms with E-state index in [9.17, 15) is 28.2 Å². The van der Waals surface area contributed by atoms with E-state index in [2.05, 4.69) is 25.6 Å². The highest BCUT2D eigenvalue weighted by Gasteiger charge is 2.40. The van der Waals surface area contributed by atoms with Crippen molar-refractivity contribution in [2.24, 2.45) is 0 Å². The van der Waals surface area contributed by atoms with Crippen LogP contribution < -0.4 is 10.6 Å². The first-order valence-electron chi connectivity index (χ1n) is 13.2. The Balaban J connectivity index is 1.11. The van der Waals surface area contributed by atoms with Crippen LogP contribution in [0.2, 0.25) is 0 Å². The molecule has 1 aromatic carbocycles. The summed E-state index contributed by atoms with van der Waals surface area (Å²) in [6.07, 6.45) is 0.284. The number of rotatable bonds is 8. The second-order valence-corrected chi connectivity index (χ2v) is 10.5. The Morgan fingerprint density at radius 3 is 2.56 bits per heavy atom. The maximum atomic E-state index is 13.2. The van der Waals surface area contributed by atoms with Crippen LogP contribution in [0.3, 0.4) is 0 Å². The third-order valence-electron chi connectivity index (χ3n) is 7.83. The van der Waals surface area contributed by atoms with Crippen molar-refractivity contribution in [1.82, 2.24) is 25.0 Å². The van der Waals surface area contributed by atoms with Gasteiger partial charge in [0.05, 0.1) is 42.4 Å². The molecule has 2 aliphatic rings. The highest BCUT2D eigenvalue weighted by Crippen LogP contribution is 2.39. The summed E-state index contributed by atoms with van der Waals surface area (Å²) in [7, 11) is 0. The molecule has 39 heavy (non-hydrogen) atoms. The number of aliphatic hydroxyl groups is 2. The first-order chi connectivity index (χ1) is 18.6. The average Bonchev–Trinajstić information content (AvgIpc) is 3.22. The zero-order valence-corrected chi connectivity index (χ0v) is 21.7. The van der Waals surface area contributed by atoms with E-state index in [4.69, 9.17) is 0 Å². The van der Waals surface area contributed by atoms with Crippen molar-refractivity contribution < 1.29 is 28.2 Å². The Kier molecular flexibility index (Phi) is 7.53. The van der Waals surface area contributed by atoms with Gasteiger partial charge < -0.3 is 20.8 Å². The summed E-state index contributed by atoms with van der Waals surface area (Å²) in [6.45, 7) is 3.10. The number of carbonyl (C=O) groups excluding carboxylic acids is 1. The van der Waals surface area contributed by atoms with Crippen LogP contribution in [0, 0.1) is 6.92 Å². The number of nitrogens with one attached hydrogen (secondary N) is 2. The van der Waals surface area contributed by atoms with Gasteiger partial charge in [-0.25, -0.2) is 0 Å². The number of hydrogen-bond acceptors (Lipinski definition) is 7. The summed E-state index contributed by atoms with van der Waals surface area (Å²) in [5.74, 6) is -0.116. The number of anilines is 1. The molecule has 9 nitrogen and oxygen atoms in total. The molecule has 0 unspecified atom stereocenters. The molecule has 0 radical (unpaired) electrons. The molecule has 3 heterocycles. The van der Waals surface area contributed by atoms with E-state index < -0.39 is 17.3 Å². The van der Waals surface area contributed by atoms with Gasteiger partial charge in [0.2, 0.25) is 5.91 Å². The van der Waals surface area contributed by atoms with Gasteiger partial charge in [-0.3, -0.25) is 19.4 Å². The van der Waals surface area contributed by atoms with Crippen LogP contribution in [-0.4, -0.2) is 74.1 Å². The molecule has 2 aromatic heterocycles. The quantitative estimate of drug-likeness (QED) is 0.344. The van der Waals surface area contributed by atoms with Gasteiger partial charge in [0.15, 0.2) is 5.82 Å². The topological polar surface area (TPSA) is 116 Å². The SMILES string of the molecule is Cc1ccc([C@]2(O)CC[C@H](N3CC(NC(=O)CNc4nn(CCO)c5ccc(C(F)(F)F)cc45)C3)CC2)cn1. The molecule has 12 heteroatoms. The molecule has 1 amide bonds. The number of pyridine rings is 1. The predicted molar refractivity (Wildman–Crippen MR) is 139 cm³/mol. The lowest BCUT2D eigenvalue weighted by atomic mass is 9.77. The highest BCUT2D eigenvalue weighted by atomic mass is 19.4. The Hall–Kier alpha value is -3.22. The first-order valence-corrected chi connectivity index (χ1v) is 13.2. The van der Waals surface area contributed by atoms with Crippen molar-refractivity contribution in [3.63, 3.8) is 0 Å². The molecule has 1 aliphatic carbocycles. The van der Waals surface area contributed by atoms with E-state index in [0.717, 1.165) is 36.2 Å². The molecule has 5 rings (SSSR count). The number of carbonyl (C=O) groups is 1. The molecule has 4 N–H and O–H groups in total. The van der Waals surface area contributed by atoms with E-state index in [1.54, 1.807) is 6.20 Å². The maximum Gasteiger partial charge on any atom is 0.416 e. The van der Waals surface area contributed by atoms with Crippen molar-refractivity contribution in [2.75, 3.05) is 31.6 Å². The zero-order valence-electron chi connectivity index (χ0n) is 21.7. The van der Waals surface area contributed by atoms with Gasteiger partial charge >= 0.3 is 6.18 Å². The smallest absolute Gasteiger partial charge is 0.394 e. The Labute approximate surface area is 224 Å². The summed E-state index contributed by atoms with van der Waals surface area (Å²) < 4.78 is 41.1. The van der Waals surface area contributed by atoms with Gasteiger partial charge in [0.25, 0.3) is 0 Å². The molecular formula is C27H33F3N6O3. The van der Waals surface area contributed by atoms with Gasteiger partial charge in [-0.1, -0.05) is 6.07 Å². The molecule has 1 saturated heterocycles. The fraction of sp³-hybridized carbons (Fsp3) is 0.519. The monoisotopic (exact) mass is 546 g/mol. The molecule has 3 aromatic rings. The van der Waals surface area contributed by atoms with Gasteiger partial charge in [-0.2, -0.15) is 18.3 Å². The van der Waals surface area contributed by atoms with Crippen molar-refractivity contribution in [1.29, 1.82) is 0 Å². The minimum atomic E-state index is -4.51. The third-order valence-corrected chi connectivity index (χ3v) is 7.83. The lowest BCUT2D eigenvalue weighted by Crippen LogP contribution is -2.63. The van der Waals surface area contributed by atoms with Crippen molar-refractivity contribution in [3.05, 3.63) is 53.3 Å². The first kappa shape index (κ1) is 27.4. The van der Waals surface area contributed by atoms with E-state index in [1.807, 2.05) is 19.1 Å². The summed E-state index contributed by atoms with van der Waals surface area (Å²) in [4.78, 5) is 19.2. The molecular weight excluding hydrogens is 513 g/mol. The minimum Gasteiger partial charge on any atom is -0.394 e. The zero-order chi connectivity index (χ0) is 27.8. The molecule has 0 bridgehead atoms. The van der Waals surface area contributed by atoms with Crippen LogP contribution in [0.15, 0.2) is 36.5 Å². The number of halogens is 3. The van der Waals surface area contributed by atoms with Gasteiger partial charge in [0, 0.05) is 42.0 Å². The maximum absolute atomic E-state index is 13.2. The summed E-state index contributed by atoms with van der Waals surface area (Å²) in [6, 6.07) is 7.49. The fourth-order valence-electron chi connectivity index (χ4n) is 5.57. The molecule has 2 fully saturated rings. The van der Waals surface area contributed by atoms with Crippen molar-refractivity contribution >= 4 is 22.6 Å². The number of benzene rings is 1. The van der Waals surface area contributed by atoms with Crippen LogP contribution in [0.5, 0.6) is 0 Å². The van der Waals surface area contributed by atoms with Crippen LogP contribution >= 0.6 is 0 Å². The lowest BCUT2D eigenvalue weighted by molar-refractivity contribution is -0.137. The summed E-state index contributed by atoms with van der Waals surface area (Å²) >= 11 is 0. The van der Waals surface area contributed by atoms with E-state index in [-0.39, 0.29) is 42.8 Å². The normalized spacial score (nSPS) is 22.6. The van der Waals surface area contributed by atoms with Crippen molar-refractivity contribution in [2.45, 2.75) is 63.0 Å². The van der Waals surface area contributed by atoms with Crippen LogP contribution in [0.1, 0.15) is 42.5 Å². The van der Waals surface area contributed by atoms with E-state index in [0.29, 0.717) is 37.5 Å². The van der Waals surface area contributed by atoms with E-state index >= 15 is 0 Å². The number of aryl methyl sites for hydroxylation is 1. The number of aliphatic hydroxyl groups excluding tert-OH is 1. The Morgan fingerprint density at radius 1 is 1.18 bits per heavy atom. The number of hydrogen-bond donors (Lipinski definition) is 4. The second-order valence-electron chi connectivity index (χ2n) is 10.5. The molecule has 210 valence electrons. The minimum absolute atomic E-state index is 0.0121. The molecule has 1 saturated carbocycles. The number of aromatic nitrogens is 3. The van der Waals surface area contributed by atoms with Crippen LogP contribution in [-0.2, 0) is 23.1 Å². The number of alkyl halides is 3. The highest BCUT2D eigenvalue weighted by molar-refractivity contribution is 5.92. The van der Waals surface area contributed by atoms with Gasteiger partial charge in [-0.05, 0) is 56.9 Å². The number of nitrogens with zero attached hydrogens (tertiary/aromatic N) is 4. The average molecular weight is 547 g/mol. The number of amides is 1. The molecule has 1 aliphatic heterocycles. The largest absolute Gasteiger partial charge is 0.416 e. The molecule has 0 atom stereocenters. The Morgan fingerprint density at radius 2 is 1.92 bits per heavy atom.